The molecule has 2 aliphatic rings. The minimum atomic E-state index is -1.18. The first-order valence-electron chi connectivity index (χ1n) is 19.8. The van der Waals surface area contributed by atoms with Crippen LogP contribution in [0.2, 0.25) is 0 Å². The molecule has 0 radical (unpaired) electrons. The van der Waals surface area contributed by atoms with Crippen LogP contribution in [0.3, 0.4) is 0 Å². The largest absolute Gasteiger partial charge is 0.507 e. The van der Waals surface area contributed by atoms with E-state index in [-0.39, 0.29) is 54.6 Å². The van der Waals surface area contributed by atoms with Crippen molar-refractivity contribution >= 4 is 29.2 Å². The van der Waals surface area contributed by atoms with Crippen LogP contribution in [0.15, 0.2) is 108 Å². The maximum absolute atomic E-state index is 13.0. The molecule has 15 nitrogen and oxygen atoms in total. The Labute approximate surface area is 348 Å². The highest BCUT2D eigenvalue weighted by atomic mass is 16.5. The molecule has 4 aromatic rings. The average molecular weight is 819 g/mol. The molecule has 60 heavy (non-hydrogen) atoms. The molecular weight excluding hydrogens is 769 g/mol. The number of anilines is 1. The van der Waals surface area contributed by atoms with Gasteiger partial charge in [0.1, 0.15) is 17.3 Å². The first-order chi connectivity index (χ1) is 28.9. The van der Waals surface area contributed by atoms with Crippen molar-refractivity contribution in [2.45, 2.75) is 39.5 Å². The maximum atomic E-state index is 13.0. The lowest BCUT2D eigenvalue weighted by atomic mass is 9.82. The molecule has 15 heteroatoms. The normalized spacial score (nSPS) is 14.7. The summed E-state index contributed by atoms with van der Waals surface area (Å²) in [5.41, 5.74) is 4.82. The van der Waals surface area contributed by atoms with Gasteiger partial charge in [-0.15, -0.1) is 0 Å². The number of nitrogens with zero attached hydrogens (tertiary/aromatic N) is 5. The quantitative estimate of drug-likeness (QED) is 0.0672. The fourth-order valence-corrected chi connectivity index (χ4v) is 7.41. The number of likely N-dealkylation sites (N-methyl/N-ethyl adjacent to an activating group) is 2. The number of aliphatic carboxylic acids is 2. The predicted octanol–water partition coefficient (Wildman–Crippen LogP) is 4.73. The molecule has 3 heterocycles. The van der Waals surface area contributed by atoms with Gasteiger partial charge in [-0.05, 0) is 73.3 Å². The first-order valence-corrected chi connectivity index (χ1v) is 19.8. The number of phenols is 1. The molecule has 1 atom stereocenters. The van der Waals surface area contributed by atoms with Crippen LogP contribution in [-0.2, 0) is 29.1 Å². The number of carboxylic acid groups (broad SMARTS) is 3. The summed E-state index contributed by atoms with van der Waals surface area (Å²) >= 11 is 0. The third kappa shape index (κ3) is 10.6. The second kappa shape index (κ2) is 20.0. The average Bonchev–Trinajstić information content (AvgIpc) is 3.23. The standard InChI is InChI=1S/C45H50N6O9/c1-3-49(27-40(54)55)25-36-38(52)15-13-33-42(34-14-16-39(53)37(44(34)60-43(33)36)26-50(4-2)28-41(56)57)35-23-30(11-12-32(35)45(58)59)48-20-22-51(24-31-10-6-8-19-47-31)21-17-29-9-5-7-18-46-29/h5-16,18-19,23,38,48,52-53H,3-4,17,20-22,24-28H2,1-2H3,(H,54,55)(H,56,57)(H,58,59). The summed E-state index contributed by atoms with van der Waals surface area (Å²) < 4.78 is 6.63. The van der Waals surface area contributed by atoms with E-state index in [4.69, 9.17) is 4.74 Å². The van der Waals surface area contributed by atoms with Gasteiger partial charge in [-0.2, -0.15) is 0 Å². The lowest BCUT2D eigenvalue weighted by Crippen LogP contribution is -2.36. The number of aliphatic hydroxyl groups excluding tert-OH is 1. The smallest absolute Gasteiger partial charge is 0.336 e. The van der Waals surface area contributed by atoms with Crippen LogP contribution in [0.25, 0.3) is 5.57 Å². The Morgan fingerprint density at radius 2 is 1.47 bits per heavy atom. The molecule has 314 valence electrons. The molecular formula is C45H50N6O9. The van der Waals surface area contributed by atoms with Crippen LogP contribution >= 0.6 is 0 Å². The number of carbonyl (C=O) groups is 3. The number of phenolic OH excluding ortho intramolecular Hbond substituents is 1. The highest BCUT2D eigenvalue weighted by Crippen LogP contribution is 2.49. The van der Waals surface area contributed by atoms with Crippen molar-refractivity contribution < 1.29 is 44.7 Å². The van der Waals surface area contributed by atoms with Gasteiger partial charge in [-0.1, -0.05) is 38.1 Å². The highest BCUT2D eigenvalue weighted by molar-refractivity contribution is 6.01. The summed E-state index contributed by atoms with van der Waals surface area (Å²) in [6.07, 6.45) is 6.31. The van der Waals surface area contributed by atoms with Gasteiger partial charge >= 0.3 is 17.9 Å². The molecule has 2 aromatic heterocycles. The van der Waals surface area contributed by atoms with E-state index >= 15 is 0 Å². The van der Waals surface area contributed by atoms with Crippen molar-refractivity contribution in [3.8, 4) is 11.5 Å². The molecule has 0 saturated carbocycles. The van der Waals surface area contributed by atoms with Crippen LogP contribution in [0.5, 0.6) is 11.5 Å². The number of aromatic hydroxyl groups is 1. The van der Waals surface area contributed by atoms with E-state index in [1.54, 1.807) is 66.4 Å². The number of aromatic carboxylic acids is 1. The number of pyridine rings is 2. The number of hydrogen-bond donors (Lipinski definition) is 6. The zero-order valence-electron chi connectivity index (χ0n) is 33.6. The third-order valence-corrected chi connectivity index (χ3v) is 10.5. The van der Waals surface area contributed by atoms with Gasteiger partial charge in [0.2, 0.25) is 0 Å². The second-order valence-electron chi connectivity index (χ2n) is 14.5. The summed E-state index contributed by atoms with van der Waals surface area (Å²) in [6, 6.07) is 19.7. The third-order valence-electron chi connectivity index (χ3n) is 10.5. The topological polar surface area (TPSA) is 209 Å². The second-order valence-corrected chi connectivity index (χ2v) is 14.5. The number of aliphatic hydroxyl groups is 1. The fraction of sp³-hybridized carbons (Fsp3) is 0.311. The zero-order chi connectivity index (χ0) is 42.8. The summed E-state index contributed by atoms with van der Waals surface area (Å²) in [4.78, 5) is 51.0. The number of nitrogens with one attached hydrogen (secondary N) is 1. The number of aromatic nitrogens is 2. The Hall–Kier alpha value is -6.39. The van der Waals surface area contributed by atoms with Gasteiger partial charge in [0.25, 0.3) is 0 Å². The number of ether oxygens (including phenoxy) is 1. The molecule has 2 aromatic carbocycles. The number of hydrogen-bond acceptors (Lipinski definition) is 12. The minimum absolute atomic E-state index is 0.00667. The van der Waals surface area contributed by atoms with Gasteiger partial charge in [0.05, 0.1) is 36.0 Å². The summed E-state index contributed by atoms with van der Waals surface area (Å²) in [5.74, 6) is -3.10. The molecule has 0 spiro atoms. The van der Waals surface area contributed by atoms with Crippen LogP contribution in [0.4, 0.5) is 5.69 Å². The number of allylic oxidation sites excluding steroid dienone is 1. The summed E-state index contributed by atoms with van der Waals surface area (Å²) in [6.45, 7) is 6.08. The SMILES string of the molecule is CCN(CC(=O)O)CC1=C2Oc3c(ccc(O)c3CN(CC)CC(=O)O)C(c3cc(NCCN(CCc4ccccn4)Cc4ccccn4)ccc3C(=O)O)=C2C=CC1O. The van der Waals surface area contributed by atoms with Crippen LogP contribution < -0.4 is 10.1 Å². The van der Waals surface area contributed by atoms with E-state index in [0.29, 0.717) is 66.3 Å². The Morgan fingerprint density at radius 3 is 2.10 bits per heavy atom. The van der Waals surface area contributed by atoms with E-state index in [0.717, 1.165) is 24.4 Å². The van der Waals surface area contributed by atoms with E-state index in [1.165, 1.54) is 12.1 Å². The van der Waals surface area contributed by atoms with Crippen LogP contribution in [0.1, 0.15) is 52.3 Å². The number of carboxylic acids is 3. The van der Waals surface area contributed by atoms with Crippen molar-refractivity contribution in [1.82, 2.24) is 24.7 Å². The monoisotopic (exact) mass is 818 g/mol. The van der Waals surface area contributed by atoms with Crippen LogP contribution in [0, 0.1) is 0 Å². The molecule has 1 unspecified atom stereocenters. The van der Waals surface area contributed by atoms with Crippen molar-refractivity contribution in [3.05, 3.63) is 142 Å². The Morgan fingerprint density at radius 1 is 0.783 bits per heavy atom. The molecule has 0 fully saturated rings. The number of fused-ring (bicyclic) bond motifs is 2. The first kappa shape index (κ1) is 43.2. The van der Waals surface area contributed by atoms with Crippen molar-refractivity contribution in [2.75, 3.05) is 57.7 Å². The molecule has 6 N–H and O–H groups in total. The number of rotatable bonds is 21. The van der Waals surface area contributed by atoms with Gasteiger partial charge in [-0.25, -0.2) is 4.79 Å². The molecule has 0 amide bonds. The van der Waals surface area contributed by atoms with Gasteiger partial charge in [-0.3, -0.25) is 34.3 Å². The van der Waals surface area contributed by atoms with Gasteiger partial charge < -0.3 is 35.6 Å². The van der Waals surface area contributed by atoms with E-state index in [1.807, 2.05) is 36.4 Å². The zero-order valence-corrected chi connectivity index (χ0v) is 33.6. The maximum Gasteiger partial charge on any atom is 0.336 e. The van der Waals surface area contributed by atoms with Crippen molar-refractivity contribution in [3.63, 3.8) is 0 Å². The summed E-state index contributed by atoms with van der Waals surface area (Å²) in [7, 11) is 0. The molecule has 1 aliphatic heterocycles. The highest BCUT2D eigenvalue weighted by Gasteiger charge is 2.35. The molecule has 1 aliphatic carbocycles. The molecule has 0 saturated heterocycles. The Balaban J connectivity index is 1.42. The van der Waals surface area contributed by atoms with E-state index in [2.05, 4.69) is 20.2 Å². The Bertz CT molecular complexity index is 2280. The van der Waals surface area contributed by atoms with Crippen molar-refractivity contribution in [2.24, 2.45) is 0 Å². The molecule has 6 rings (SSSR count). The lowest BCUT2D eigenvalue weighted by molar-refractivity contribution is -0.139. The lowest BCUT2D eigenvalue weighted by Gasteiger charge is -2.34. The van der Waals surface area contributed by atoms with Crippen molar-refractivity contribution in [1.29, 1.82) is 0 Å². The fourth-order valence-electron chi connectivity index (χ4n) is 7.41. The molecule has 0 bridgehead atoms. The van der Waals surface area contributed by atoms with Gasteiger partial charge in [0, 0.05) is 91.7 Å². The van der Waals surface area contributed by atoms with E-state index in [9.17, 15) is 39.9 Å². The number of benzene rings is 2. The van der Waals surface area contributed by atoms with E-state index < -0.39 is 24.0 Å². The van der Waals surface area contributed by atoms with Crippen LogP contribution in [-0.4, -0.2) is 127 Å². The Kier molecular flexibility index (Phi) is 14.4. The minimum Gasteiger partial charge on any atom is -0.507 e. The summed E-state index contributed by atoms with van der Waals surface area (Å²) in [5, 5.41) is 56.0. The van der Waals surface area contributed by atoms with Gasteiger partial charge in [0.15, 0.2) is 0 Å². The predicted molar refractivity (Wildman–Crippen MR) is 225 cm³/mol.